The van der Waals surface area contributed by atoms with Gasteiger partial charge in [-0.05, 0) is 47.5 Å². The fourth-order valence-corrected chi connectivity index (χ4v) is 3.03. The molecule has 5 heteroatoms. The number of carbonyl (C=O) groups excluding carboxylic acids is 1. The zero-order valence-electron chi connectivity index (χ0n) is 15.6. The number of nitrogens with one attached hydrogen (secondary N) is 1. The number of amides is 1. The summed E-state index contributed by atoms with van der Waals surface area (Å²) in [5.41, 5.74) is 2.05. The van der Waals surface area contributed by atoms with Crippen LogP contribution in [0.15, 0.2) is 85.5 Å². The molecular formula is C23H21N3O2. The summed E-state index contributed by atoms with van der Waals surface area (Å²) in [4.78, 5) is 16.4. The molecule has 1 N–H and O–H groups in total. The first-order valence-corrected chi connectivity index (χ1v) is 9.19. The van der Waals surface area contributed by atoms with Gasteiger partial charge in [0.05, 0.1) is 6.33 Å². The average molecular weight is 371 g/mol. The predicted octanol–water partition coefficient (Wildman–Crippen LogP) is 4.11. The van der Waals surface area contributed by atoms with Crippen LogP contribution in [0.4, 0.5) is 0 Å². The van der Waals surface area contributed by atoms with Gasteiger partial charge in [-0.3, -0.25) is 4.79 Å². The van der Waals surface area contributed by atoms with Gasteiger partial charge in [0.2, 0.25) is 0 Å². The monoisotopic (exact) mass is 371 g/mol. The highest BCUT2D eigenvalue weighted by atomic mass is 16.5. The van der Waals surface area contributed by atoms with E-state index in [1.807, 2.05) is 77.5 Å². The van der Waals surface area contributed by atoms with Crippen LogP contribution >= 0.6 is 0 Å². The van der Waals surface area contributed by atoms with Crippen molar-refractivity contribution in [3.05, 3.63) is 91.0 Å². The van der Waals surface area contributed by atoms with E-state index in [0.717, 1.165) is 22.0 Å². The molecule has 140 valence electrons. The fourth-order valence-electron chi connectivity index (χ4n) is 3.03. The van der Waals surface area contributed by atoms with Crippen molar-refractivity contribution < 1.29 is 9.53 Å². The molecule has 0 aliphatic rings. The Morgan fingerprint density at radius 2 is 1.86 bits per heavy atom. The number of imidazole rings is 1. The third kappa shape index (κ3) is 4.04. The van der Waals surface area contributed by atoms with Gasteiger partial charge in [0.15, 0.2) is 6.10 Å². The lowest BCUT2D eigenvalue weighted by atomic mass is 10.1. The van der Waals surface area contributed by atoms with Crippen LogP contribution in [0.25, 0.3) is 16.5 Å². The van der Waals surface area contributed by atoms with Gasteiger partial charge < -0.3 is 14.6 Å². The fraction of sp³-hybridized carbons (Fsp3) is 0.130. The molecule has 0 aliphatic heterocycles. The summed E-state index contributed by atoms with van der Waals surface area (Å²) in [5, 5.41) is 5.16. The highest BCUT2D eigenvalue weighted by Crippen LogP contribution is 2.21. The Labute approximate surface area is 163 Å². The van der Waals surface area contributed by atoms with Gasteiger partial charge >= 0.3 is 0 Å². The summed E-state index contributed by atoms with van der Waals surface area (Å²) in [7, 11) is 0. The van der Waals surface area contributed by atoms with Crippen molar-refractivity contribution in [3.8, 4) is 11.4 Å². The first-order chi connectivity index (χ1) is 13.7. The Hall–Kier alpha value is -3.60. The maximum absolute atomic E-state index is 12.4. The van der Waals surface area contributed by atoms with Crippen LogP contribution in [0.5, 0.6) is 5.75 Å². The molecule has 0 radical (unpaired) electrons. The standard InChI is InChI=1S/C23H21N3O2/c1-17(28-22-11-8-19-4-2-3-5-20(19)14-22)23(27)25-15-18-6-9-21(10-7-18)26-13-12-24-16-26/h2-14,16-17H,15H2,1H3,(H,25,27)/t17-/m0/s1. The van der Waals surface area contributed by atoms with E-state index in [1.54, 1.807) is 19.4 Å². The molecule has 0 saturated carbocycles. The minimum atomic E-state index is -0.577. The summed E-state index contributed by atoms with van der Waals surface area (Å²) >= 11 is 0. The molecular weight excluding hydrogens is 350 g/mol. The molecule has 1 heterocycles. The van der Waals surface area contributed by atoms with Gasteiger partial charge in [-0.1, -0.05) is 42.5 Å². The lowest BCUT2D eigenvalue weighted by Gasteiger charge is -2.15. The number of aromatic nitrogens is 2. The van der Waals surface area contributed by atoms with Crippen molar-refractivity contribution in [2.75, 3.05) is 0 Å². The molecule has 0 bridgehead atoms. The van der Waals surface area contributed by atoms with E-state index in [0.29, 0.717) is 12.3 Å². The van der Waals surface area contributed by atoms with Crippen molar-refractivity contribution in [1.29, 1.82) is 0 Å². The van der Waals surface area contributed by atoms with E-state index in [9.17, 15) is 4.79 Å². The van der Waals surface area contributed by atoms with Gasteiger partial charge in [-0.15, -0.1) is 0 Å². The van der Waals surface area contributed by atoms with Crippen LogP contribution in [0.3, 0.4) is 0 Å². The number of ether oxygens (including phenoxy) is 1. The van der Waals surface area contributed by atoms with Gasteiger partial charge in [0.1, 0.15) is 5.75 Å². The predicted molar refractivity (Wildman–Crippen MR) is 109 cm³/mol. The molecule has 0 spiro atoms. The highest BCUT2D eigenvalue weighted by Gasteiger charge is 2.14. The minimum absolute atomic E-state index is 0.146. The van der Waals surface area contributed by atoms with Gasteiger partial charge in [-0.2, -0.15) is 0 Å². The number of hydrogen-bond donors (Lipinski definition) is 1. The topological polar surface area (TPSA) is 56.1 Å². The van der Waals surface area contributed by atoms with Crippen LogP contribution in [0.2, 0.25) is 0 Å². The Balaban J connectivity index is 1.33. The van der Waals surface area contributed by atoms with Crippen LogP contribution < -0.4 is 10.1 Å². The van der Waals surface area contributed by atoms with Gasteiger partial charge in [0, 0.05) is 24.6 Å². The molecule has 5 nitrogen and oxygen atoms in total. The first-order valence-electron chi connectivity index (χ1n) is 9.19. The molecule has 1 atom stereocenters. The minimum Gasteiger partial charge on any atom is -0.481 e. The second kappa shape index (κ2) is 7.96. The maximum atomic E-state index is 12.4. The Morgan fingerprint density at radius 3 is 2.61 bits per heavy atom. The zero-order chi connectivity index (χ0) is 19.3. The normalized spacial score (nSPS) is 11.9. The molecule has 4 rings (SSSR count). The molecule has 4 aromatic rings. The van der Waals surface area contributed by atoms with E-state index >= 15 is 0 Å². The van der Waals surface area contributed by atoms with Crippen molar-refractivity contribution >= 4 is 16.7 Å². The summed E-state index contributed by atoms with van der Waals surface area (Å²) in [5.74, 6) is 0.540. The number of hydrogen-bond acceptors (Lipinski definition) is 3. The third-order valence-electron chi connectivity index (χ3n) is 4.61. The molecule has 0 saturated heterocycles. The lowest BCUT2D eigenvalue weighted by molar-refractivity contribution is -0.127. The van der Waals surface area contributed by atoms with E-state index in [2.05, 4.69) is 10.3 Å². The number of carbonyl (C=O) groups is 1. The average Bonchev–Trinajstić information content (AvgIpc) is 3.27. The van der Waals surface area contributed by atoms with Crippen molar-refractivity contribution in [2.45, 2.75) is 19.6 Å². The summed E-state index contributed by atoms with van der Waals surface area (Å²) in [6.45, 7) is 2.21. The molecule has 0 fully saturated rings. The summed E-state index contributed by atoms with van der Waals surface area (Å²) < 4.78 is 7.75. The molecule has 0 aliphatic carbocycles. The highest BCUT2D eigenvalue weighted by molar-refractivity contribution is 5.84. The van der Waals surface area contributed by atoms with Crippen molar-refractivity contribution in [3.63, 3.8) is 0 Å². The number of fused-ring (bicyclic) bond motifs is 1. The summed E-state index contributed by atoms with van der Waals surface area (Å²) in [6, 6.07) is 21.9. The molecule has 3 aromatic carbocycles. The first kappa shape index (κ1) is 17.8. The second-order valence-electron chi connectivity index (χ2n) is 6.62. The van der Waals surface area contributed by atoms with E-state index in [-0.39, 0.29) is 5.91 Å². The van der Waals surface area contributed by atoms with E-state index in [4.69, 9.17) is 4.74 Å². The van der Waals surface area contributed by atoms with Crippen molar-refractivity contribution in [1.82, 2.24) is 14.9 Å². The largest absolute Gasteiger partial charge is 0.481 e. The van der Waals surface area contributed by atoms with Crippen LogP contribution in [0.1, 0.15) is 12.5 Å². The van der Waals surface area contributed by atoms with Crippen molar-refractivity contribution in [2.24, 2.45) is 0 Å². The molecule has 1 aromatic heterocycles. The maximum Gasteiger partial charge on any atom is 0.261 e. The zero-order valence-corrected chi connectivity index (χ0v) is 15.6. The Bertz CT molecular complexity index is 1070. The SMILES string of the molecule is C[C@H](Oc1ccc2ccccc2c1)C(=O)NCc1ccc(-n2ccnc2)cc1. The van der Waals surface area contributed by atoms with Gasteiger partial charge in [0.25, 0.3) is 5.91 Å². The second-order valence-corrected chi connectivity index (χ2v) is 6.62. The Morgan fingerprint density at radius 1 is 1.07 bits per heavy atom. The third-order valence-corrected chi connectivity index (χ3v) is 4.61. The molecule has 0 unspecified atom stereocenters. The lowest BCUT2D eigenvalue weighted by Crippen LogP contribution is -2.35. The van der Waals surface area contributed by atoms with E-state index < -0.39 is 6.10 Å². The Kier molecular flexibility index (Phi) is 5.06. The summed E-state index contributed by atoms with van der Waals surface area (Å²) in [6.07, 6.45) is 4.81. The smallest absolute Gasteiger partial charge is 0.261 e. The number of nitrogens with zero attached hydrogens (tertiary/aromatic N) is 2. The number of benzene rings is 3. The quantitative estimate of drug-likeness (QED) is 0.555. The van der Waals surface area contributed by atoms with Crippen LogP contribution in [-0.2, 0) is 11.3 Å². The van der Waals surface area contributed by atoms with Crippen LogP contribution in [-0.4, -0.2) is 21.6 Å². The van der Waals surface area contributed by atoms with Gasteiger partial charge in [-0.25, -0.2) is 4.98 Å². The van der Waals surface area contributed by atoms with Crippen LogP contribution in [0, 0.1) is 0 Å². The molecule has 1 amide bonds. The van der Waals surface area contributed by atoms with E-state index in [1.165, 1.54) is 0 Å². The molecule has 28 heavy (non-hydrogen) atoms. The number of rotatable bonds is 6.